The van der Waals surface area contributed by atoms with Crippen molar-refractivity contribution in [2.45, 2.75) is 19.4 Å². The summed E-state index contributed by atoms with van der Waals surface area (Å²) in [6.45, 7) is 1.57. The van der Waals surface area contributed by atoms with Gasteiger partial charge in [-0.1, -0.05) is 6.07 Å². The van der Waals surface area contributed by atoms with Crippen molar-refractivity contribution in [3.05, 3.63) is 29.3 Å². The molecule has 1 rings (SSSR count). The van der Waals surface area contributed by atoms with Crippen molar-refractivity contribution in [3.63, 3.8) is 0 Å². The number of rotatable bonds is 4. The highest BCUT2D eigenvalue weighted by atomic mass is 35.5. The summed E-state index contributed by atoms with van der Waals surface area (Å²) in [6, 6.07) is 5.44. The van der Waals surface area contributed by atoms with Crippen LogP contribution in [0, 0.1) is 6.92 Å². The molecule has 0 heterocycles. The number of alkyl halides is 1. The third-order valence-electron chi connectivity index (χ3n) is 2.30. The summed E-state index contributed by atoms with van der Waals surface area (Å²) in [5.41, 5.74) is 7.85. The van der Waals surface area contributed by atoms with Crippen molar-refractivity contribution in [2.75, 3.05) is 13.8 Å². The van der Waals surface area contributed by atoms with Gasteiger partial charge in [-0.15, -0.1) is 12.4 Å². The number of nitrogens with two attached hydrogens (primary N) is 1. The molecule has 0 saturated heterocycles. The van der Waals surface area contributed by atoms with Crippen LogP contribution < -0.4 is 10.5 Å². The summed E-state index contributed by atoms with van der Waals surface area (Å²) in [7, 11) is 1.62. The van der Waals surface area contributed by atoms with E-state index in [1.165, 1.54) is 0 Å². The van der Waals surface area contributed by atoms with Crippen molar-refractivity contribution < 1.29 is 9.13 Å². The van der Waals surface area contributed by atoms with Gasteiger partial charge in [0, 0.05) is 6.04 Å². The Morgan fingerprint density at radius 2 is 2.13 bits per heavy atom. The highest BCUT2D eigenvalue weighted by Gasteiger charge is 2.08. The van der Waals surface area contributed by atoms with Crippen LogP contribution in [-0.4, -0.2) is 13.8 Å². The number of aryl methyl sites for hydroxylation is 1. The number of ether oxygens (including phenoxy) is 1. The monoisotopic (exact) mass is 233 g/mol. The summed E-state index contributed by atoms with van der Waals surface area (Å²) in [6.07, 6.45) is 0.368. The minimum Gasteiger partial charge on any atom is -0.497 e. The largest absolute Gasteiger partial charge is 0.497 e. The summed E-state index contributed by atoms with van der Waals surface area (Å²) < 4.78 is 17.2. The van der Waals surface area contributed by atoms with E-state index >= 15 is 0 Å². The minimum absolute atomic E-state index is 0. The maximum atomic E-state index is 12.1. The highest BCUT2D eigenvalue weighted by molar-refractivity contribution is 5.85. The first-order chi connectivity index (χ1) is 6.69. The van der Waals surface area contributed by atoms with Crippen molar-refractivity contribution in [1.82, 2.24) is 0 Å². The van der Waals surface area contributed by atoms with Gasteiger partial charge in [-0.05, 0) is 36.6 Å². The summed E-state index contributed by atoms with van der Waals surface area (Å²) in [5.74, 6) is 0.804. The van der Waals surface area contributed by atoms with Crippen molar-refractivity contribution >= 4 is 12.4 Å². The first-order valence-electron chi connectivity index (χ1n) is 4.65. The summed E-state index contributed by atoms with van der Waals surface area (Å²) in [5, 5.41) is 0. The molecule has 0 fully saturated rings. The number of benzene rings is 1. The summed E-state index contributed by atoms with van der Waals surface area (Å²) >= 11 is 0. The molecule has 0 spiro atoms. The third kappa shape index (κ3) is 3.68. The molecule has 0 aliphatic carbocycles. The molecule has 15 heavy (non-hydrogen) atoms. The van der Waals surface area contributed by atoms with Crippen LogP contribution >= 0.6 is 12.4 Å². The molecule has 0 bridgehead atoms. The molecule has 0 aromatic heterocycles. The fourth-order valence-corrected chi connectivity index (χ4v) is 1.46. The Bertz CT molecular complexity index is 307. The molecule has 4 heteroatoms. The van der Waals surface area contributed by atoms with E-state index in [0.717, 1.165) is 16.9 Å². The van der Waals surface area contributed by atoms with Crippen LogP contribution in [0.5, 0.6) is 5.75 Å². The molecular weight excluding hydrogens is 217 g/mol. The molecule has 0 aliphatic heterocycles. The Labute approximate surface area is 96.0 Å². The van der Waals surface area contributed by atoms with E-state index in [0.29, 0.717) is 6.42 Å². The SMILES string of the molecule is COc1ccc([C@@H](N)CCF)c(C)c1.Cl. The molecule has 0 saturated carbocycles. The Morgan fingerprint density at radius 1 is 1.47 bits per heavy atom. The van der Waals surface area contributed by atoms with Gasteiger partial charge in [0.05, 0.1) is 13.8 Å². The molecule has 0 radical (unpaired) electrons. The number of hydrogen-bond donors (Lipinski definition) is 1. The fourth-order valence-electron chi connectivity index (χ4n) is 1.46. The van der Waals surface area contributed by atoms with Crippen molar-refractivity contribution in [3.8, 4) is 5.75 Å². The van der Waals surface area contributed by atoms with Gasteiger partial charge in [0.2, 0.25) is 0 Å². The second-order valence-electron chi connectivity index (χ2n) is 3.31. The molecule has 1 aromatic carbocycles. The Hall–Kier alpha value is -0.800. The van der Waals surface area contributed by atoms with Crippen molar-refractivity contribution in [1.29, 1.82) is 0 Å². The first kappa shape index (κ1) is 14.2. The van der Waals surface area contributed by atoms with Crippen LogP contribution in [0.15, 0.2) is 18.2 Å². The van der Waals surface area contributed by atoms with E-state index in [4.69, 9.17) is 10.5 Å². The van der Waals surface area contributed by atoms with Gasteiger partial charge in [-0.25, -0.2) is 0 Å². The zero-order valence-corrected chi connectivity index (χ0v) is 9.81. The number of hydrogen-bond acceptors (Lipinski definition) is 2. The van der Waals surface area contributed by atoms with E-state index < -0.39 is 0 Å². The highest BCUT2D eigenvalue weighted by Crippen LogP contribution is 2.22. The van der Waals surface area contributed by atoms with E-state index in [-0.39, 0.29) is 25.1 Å². The van der Waals surface area contributed by atoms with Crippen molar-refractivity contribution in [2.24, 2.45) is 5.73 Å². The molecule has 0 unspecified atom stereocenters. The zero-order valence-electron chi connectivity index (χ0n) is 9.00. The Balaban J connectivity index is 0.00000196. The third-order valence-corrected chi connectivity index (χ3v) is 2.30. The van der Waals surface area contributed by atoms with Gasteiger partial charge >= 0.3 is 0 Å². The summed E-state index contributed by atoms with van der Waals surface area (Å²) in [4.78, 5) is 0. The molecule has 1 atom stereocenters. The molecule has 0 aliphatic rings. The molecule has 2 nitrogen and oxygen atoms in total. The van der Waals surface area contributed by atoms with Crippen LogP contribution in [0.3, 0.4) is 0 Å². The topological polar surface area (TPSA) is 35.2 Å². The Kier molecular flexibility index (Phi) is 6.29. The average molecular weight is 234 g/mol. The Morgan fingerprint density at radius 3 is 2.60 bits per heavy atom. The number of methoxy groups -OCH3 is 1. The predicted molar refractivity (Wildman–Crippen MR) is 62.5 cm³/mol. The predicted octanol–water partition coefficient (Wildman–Crippen LogP) is 2.78. The van der Waals surface area contributed by atoms with Gasteiger partial charge in [0.1, 0.15) is 5.75 Å². The van der Waals surface area contributed by atoms with Crippen LogP contribution in [0.2, 0.25) is 0 Å². The fraction of sp³-hybridized carbons (Fsp3) is 0.455. The van der Waals surface area contributed by atoms with Gasteiger partial charge < -0.3 is 10.5 Å². The van der Waals surface area contributed by atoms with E-state index in [9.17, 15) is 4.39 Å². The van der Waals surface area contributed by atoms with E-state index in [2.05, 4.69) is 0 Å². The quantitative estimate of drug-likeness (QED) is 0.868. The van der Waals surface area contributed by atoms with Gasteiger partial charge in [0.15, 0.2) is 0 Å². The first-order valence-corrected chi connectivity index (χ1v) is 4.65. The molecule has 86 valence electrons. The molecule has 0 amide bonds. The maximum absolute atomic E-state index is 12.1. The van der Waals surface area contributed by atoms with Gasteiger partial charge in [0.25, 0.3) is 0 Å². The van der Waals surface area contributed by atoms with Crippen LogP contribution in [0.1, 0.15) is 23.6 Å². The van der Waals surface area contributed by atoms with Crippen LogP contribution in [-0.2, 0) is 0 Å². The lowest BCUT2D eigenvalue weighted by Gasteiger charge is -2.13. The lowest BCUT2D eigenvalue weighted by molar-refractivity contribution is 0.413. The number of halogens is 2. The minimum atomic E-state index is -0.382. The van der Waals surface area contributed by atoms with Crippen LogP contribution in [0.4, 0.5) is 4.39 Å². The lowest BCUT2D eigenvalue weighted by atomic mass is 10.00. The van der Waals surface area contributed by atoms with E-state index in [1.807, 2.05) is 25.1 Å². The second kappa shape index (κ2) is 6.64. The van der Waals surface area contributed by atoms with Crippen LogP contribution in [0.25, 0.3) is 0 Å². The molecular formula is C11H17ClFNO. The molecule has 2 N–H and O–H groups in total. The second-order valence-corrected chi connectivity index (χ2v) is 3.31. The molecule has 1 aromatic rings. The average Bonchev–Trinajstić information content (AvgIpc) is 2.17. The zero-order chi connectivity index (χ0) is 10.6. The van der Waals surface area contributed by atoms with E-state index in [1.54, 1.807) is 7.11 Å². The van der Waals surface area contributed by atoms with Gasteiger partial charge in [-0.3, -0.25) is 4.39 Å². The maximum Gasteiger partial charge on any atom is 0.119 e. The van der Waals surface area contributed by atoms with Gasteiger partial charge in [-0.2, -0.15) is 0 Å². The normalized spacial score (nSPS) is 11.7. The lowest BCUT2D eigenvalue weighted by Crippen LogP contribution is -2.12. The smallest absolute Gasteiger partial charge is 0.119 e. The standard InChI is InChI=1S/C11H16FNO.ClH/c1-8-7-9(14-2)3-4-10(8)11(13)5-6-12;/h3-4,7,11H,5-6,13H2,1-2H3;1H/t11-;/m0./s1.